The first-order valence-corrected chi connectivity index (χ1v) is 6.34. The number of nitrogens with one attached hydrogen (secondary N) is 1. The number of hydrogen-bond donors (Lipinski definition) is 2. The van der Waals surface area contributed by atoms with E-state index in [0.717, 1.165) is 0 Å². The van der Waals surface area contributed by atoms with Gasteiger partial charge >= 0.3 is 5.97 Å². The van der Waals surface area contributed by atoms with Gasteiger partial charge in [-0.15, -0.1) is 12.3 Å². The Labute approximate surface area is 118 Å². The van der Waals surface area contributed by atoms with Crippen LogP contribution in [-0.4, -0.2) is 28.8 Å². The van der Waals surface area contributed by atoms with E-state index >= 15 is 0 Å². The third-order valence-electron chi connectivity index (χ3n) is 2.27. The SMILES string of the molecule is C#CCC(NC(=O)c1ccccc1SC(F)F)C(=O)O. The second-order valence-electron chi connectivity index (χ2n) is 3.65. The molecule has 0 heterocycles. The fourth-order valence-corrected chi connectivity index (χ4v) is 2.04. The molecule has 7 heteroatoms. The number of carboxylic acid groups (broad SMARTS) is 1. The zero-order valence-electron chi connectivity index (χ0n) is 10.2. The van der Waals surface area contributed by atoms with E-state index in [9.17, 15) is 18.4 Å². The number of carboxylic acids is 1. The Morgan fingerprint density at radius 3 is 2.60 bits per heavy atom. The van der Waals surface area contributed by atoms with Gasteiger partial charge in [-0.05, 0) is 12.1 Å². The number of thioether (sulfide) groups is 1. The van der Waals surface area contributed by atoms with Gasteiger partial charge in [-0.1, -0.05) is 23.9 Å². The van der Waals surface area contributed by atoms with Crippen LogP contribution in [0, 0.1) is 12.3 Å². The normalized spacial score (nSPS) is 11.7. The van der Waals surface area contributed by atoms with Gasteiger partial charge in [0.05, 0.1) is 5.56 Å². The number of amides is 1. The van der Waals surface area contributed by atoms with E-state index in [2.05, 4.69) is 11.2 Å². The molecular formula is C13H11F2NO3S. The maximum atomic E-state index is 12.4. The fourth-order valence-electron chi connectivity index (χ4n) is 1.41. The molecule has 0 spiro atoms. The quantitative estimate of drug-likeness (QED) is 0.624. The van der Waals surface area contributed by atoms with Crippen LogP contribution in [0.15, 0.2) is 29.2 Å². The van der Waals surface area contributed by atoms with E-state index < -0.39 is 23.7 Å². The summed E-state index contributed by atoms with van der Waals surface area (Å²) in [5.74, 6) is -2.58. The average Bonchev–Trinajstić information content (AvgIpc) is 2.37. The molecule has 1 rings (SSSR count). The van der Waals surface area contributed by atoms with Crippen LogP contribution in [0.1, 0.15) is 16.8 Å². The highest BCUT2D eigenvalue weighted by Gasteiger charge is 2.22. The number of aliphatic carboxylic acids is 1. The Balaban J connectivity index is 2.92. The highest BCUT2D eigenvalue weighted by atomic mass is 32.2. The molecule has 1 amide bonds. The van der Waals surface area contributed by atoms with Gasteiger partial charge in [0.25, 0.3) is 11.7 Å². The van der Waals surface area contributed by atoms with Crippen molar-refractivity contribution in [3.8, 4) is 12.3 Å². The monoisotopic (exact) mass is 299 g/mol. The second kappa shape index (κ2) is 7.50. The summed E-state index contributed by atoms with van der Waals surface area (Å²) in [6.45, 7) is 0. The van der Waals surface area contributed by atoms with Crippen LogP contribution in [0.2, 0.25) is 0 Å². The highest BCUT2D eigenvalue weighted by Crippen LogP contribution is 2.28. The largest absolute Gasteiger partial charge is 0.480 e. The first-order chi connectivity index (χ1) is 9.45. The summed E-state index contributed by atoms with van der Waals surface area (Å²) in [7, 11) is 0. The lowest BCUT2D eigenvalue weighted by Gasteiger charge is -2.13. The van der Waals surface area contributed by atoms with Crippen LogP contribution in [0.25, 0.3) is 0 Å². The molecule has 0 fully saturated rings. The molecule has 1 aromatic carbocycles. The lowest BCUT2D eigenvalue weighted by molar-refractivity contribution is -0.139. The second-order valence-corrected chi connectivity index (χ2v) is 4.68. The van der Waals surface area contributed by atoms with Crippen molar-refractivity contribution in [1.29, 1.82) is 0 Å². The molecule has 0 aliphatic rings. The van der Waals surface area contributed by atoms with Crippen LogP contribution >= 0.6 is 11.8 Å². The van der Waals surface area contributed by atoms with Gasteiger partial charge in [-0.2, -0.15) is 8.78 Å². The molecule has 1 aromatic rings. The number of benzene rings is 1. The van der Waals surface area contributed by atoms with Gasteiger partial charge < -0.3 is 10.4 Å². The van der Waals surface area contributed by atoms with E-state index in [1.165, 1.54) is 24.3 Å². The predicted octanol–water partition coefficient (Wildman–Crippen LogP) is 2.21. The minimum absolute atomic E-state index is 0.0129. The Bertz CT molecular complexity index is 543. The maximum Gasteiger partial charge on any atom is 0.327 e. The van der Waals surface area contributed by atoms with E-state index in [0.29, 0.717) is 0 Å². The number of hydrogen-bond acceptors (Lipinski definition) is 3. The van der Waals surface area contributed by atoms with Crippen molar-refractivity contribution in [3.05, 3.63) is 29.8 Å². The van der Waals surface area contributed by atoms with E-state index in [-0.39, 0.29) is 28.6 Å². The van der Waals surface area contributed by atoms with Gasteiger partial charge in [-0.3, -0.25) is 4.79 Å². The maximum absolute atomic E-state index is 12.4. The van der Waals surface area contributed by atoms with Crippen molar-refractivity contribution >= 4 is 23.6 Å². The van der Waals surface area contributed by atoms with Gasteiger partial charge in [0.1, 0.15) is 6.04 Å². The van der Waals surface area contributed by atoms with Gasteiger partial charge in [0.2, 0.25) is 0 Å². The van der Waals surface area contributed by atoms with Gasteiger partial charge in [-0.25, -0.2) is 4.79 Å². The zero-order valence-corrected chi connectivity index (χ0v) is 11.0. The molecule has 0 radical (unpaired) electrons. The standard InChI is InChI=1S/C13H11F2NO3S/c1-2-5-9(12(18)19)16-11(17)8-6-3-4-7-10(8)20-13(14)15/h1,3-4,6-7,9,13H,5H2,(H,16,17)(H,18,19). The minimum Gasteiger partial charge on any atom is -0.480 e. The minimum atomic E-state index is -2.68. The lowest BCUT2D eigenvalue weighted by Crippen LogP contribution is -2.40. The fraction of sp³-hybridized carbons (Fsp3) is 0.231. The molecule has 0 saturated carbocycles. The summed E-state index contributed by atoms with van der Waals surface area (Å²) in [5.41, 5.74) is -0.0129. The molecule has 0 bridgehead atoms. The molecule has 1 atom stereocenters. The van der Waals surface area contributed by atoms with Crippen molar-refractivity contribution < 1.29 is 23.5 Å². The van der Waals surface area contributed by atoms with Crippen LogP contribution < -0.4 is 5.32 Å². The zero-order chi connectivity index (χ0) is 15.1. The number of halogens is 2. The third kappa shape index (κ3) is 4.55. The van der Waals surface area contributed by atoms with Crippen molar-refractivity contribution in [2.75, 3.05) is 0 Å². The third-order valence-corrected chi connectivity index (χ3v) is 3.06. The number of carbonyl (C=O) groups is 2. The number of rotatable bonds is 6. The van der Waals surface area contributed by atoms with E-state index in [4.69, 9.17) is 11.5 Å². The first kappa shape index (κ1) is 16.0. The van der Waals surface area contributed by atoms with Crippen molar-refractivity contribution in [2.24, 2.45) is 0 Å². The number of carbonyl (C=O) groups excluding carboxylic acids is 1. The van der Waals surface area contributed by atoms with Gasteiger partial charge in [0, 0.05) is 11.3 Å². The molecule has 106 valence electrons. The highest BCUT2D eigenvalue weighted by molar-refractivity contribution is 7.99. The predicted molar refractivity (Wildman–Crippen MR) is 70.6 cm³/mol. The lowest BCUT2D eigenvalue weighted by atomic mass is 10.1. The first-order valence-electron chi connectivity index (χ1n) is 5.46. The molecule has 0 saturated heterocycles. The molecule has 0 aromatic heterocycles. The summed E-state index contributed by atoms with van der Waals surface area (Å²) in [5, 5.41) is 11.1. The van der Waals surface area contributed by atoms with Crippen molar-refractivity contribution in [2.45, 2.75) is 23.1 Å². The molecule has 0 aliphatic carbocycles. The van der Waals surface area contributed by atoms with Crippen LogP contribution in [0.5, 0.6) is 0 Å². The number of alkyl halides is 2. The Morgan fingerprint density at radius 1 is 1.40 bits per heavy atom. The molecule has 4 nitrogen and oxygen atoms in total. The number of terminal acetylenes is 1. The molecule has 1 unspecified atom stereocenters. The summed E-state index contributed by atoms with van der Waals surface area (Å²) in [4.78, 5) is 22.9. The van der Waals surface area contributed by atoms with E-state index in [1.54, 1.807) is 0 Å². The van der Waals surface area contributed by atoms with Crippen LogP contribution in [0.3, 0.4) is 0 Å². The van der Waals surface area contributed by atoms with Crippen LogP contribution in [0.4, 0.5) is 8.78 Å². The summed E-state index contributed by atoms with van der Waals surface area (Å²) >= 11 is 0.220. The smallest absolute Gasteiger partial charge is 0.327 e. The summed E-state index contributed by atoms with van der Waals surface area (Å²) < 4.78 is 24.8. The average molecular weight is 299 g/mol. The Hall–Kier alpha value is -2.07. The molecular weight excluding hydrogens is 288 g/mol. The Morgan fingerprint density at radius 2 is 2.05 bits per heavy atom. The Kier molecular flexibility index (Phi) is 6.00. The van der Waals surface area contributed by atoms with Crippen molar-refractivity contribution in [3.63, 3.8) is 0 Å². The topological polar surface area (TPSA) is 66.4 Å². The van der Waals surface area contributed by atoms with E-state index in [1.807, 2.05) is 0 Å². The summed E-state index contributed by atoms with van der Waals surface area (Å²) in [6.07, 6.45) is 4.82. The molecule has 2 N–H and O–H groups in total. The van der Waals surface area contributed by atoms with Crippen molar-refractivity contribution in [1.82, 2.24) is 5.32 Å². The molecule has 20 heavy (non-hydrogen) atoms. The van der Waals surface area contributed by atoms with Crippen LogP contribution in [-0.2, 0) is 4.79 Å². The molecule has 0 aliphatic heterocycles. The summed E-state index contributed by atoms with van der Waals surface area (Å²) in [6, 6.07) is 4.47. The van der Waals surface area contributed by atoms with Gasteiger partial charge in [0.15, 0.2) is 0 Å².